The molecule has 0 saturated carbocycles. The van der Waals surface area contributed by atoms with Crippen LogP contribution in [0, 0.1) is 0 Å². The fourth-order valence-electron chi connectivity index (χ4n) is 1.86. The lowest BCUT2D eigenvalue weighted by molar-refractivity contribution is 0.391. The smallest absolute Gasteiger partial charge is 0.237 e. The van der Waals surface area contributed by atoms with Gasteiger partial charge in [-0.05, 0) is 19.1 Å². The molecule has 0 aliphatic carbocycles. The predicted molar refractivity (Wildman–Crippen MR) is 82.2 cm³/mol. The van der Waals surface area contributed by atoms with Crippen molar-refractivity contribution in [3.05, 3.63) is 47.6 Å². The fraction of sp³-hybridized carbons (Fsp3) is 0.214. The van der Waals surface area contributed by atoms with Crippen LogP contribution in [0.3, 0.4) is 0 Å². The van der Waals surface area contributed by atoms with Gasteiger partial charge in [0.1, 0.15) is 0 Å². The number of hydrogen-bond acceptors (Lipinski definition) is 5. The van der Waals surface area contributed by atoms with Gasteiger partial charge in [-0.3, -0.25) is 0 Å². The minimum absolute atomic E-state index is 0.548. The van der Waals surface area contributed by atoms with E-state index >= 15 is 0 Å². The van der Waals surface area contributed by atoms with Crippen molar-refractivity contribution in [1.29, 1.82) is 0 Å². The summed E-state index contributed by atoms with van der Waals surface area (Å²) in [5, 5.41) is 5.58. The molecule has 0 aliphatic rings. The molecule has 0 aliphatic heterocycles. The van der Waals surface area contributed by atoms with E-state index < -0.39 is 0 Å². The summed E-state index contributed by atoms with van der Waals surface area (Å²) in [6.07, 6.45) is 3.74. The van der Waals surface area contributed by atoms with Gasteiger partial charge in [-0.2, -0.15) is 4.98 Å². The normalized spacial score (nSPS) is 11.0. The van der Waals surface area contributed by atoms with E-state index in [-0.39, 0.29) is 0 Å². The third-order valence-corrected chi connectivity index (χ3v) is 4.12. The maximum Gasteiger partial charge on any atom is 0.237 e. The number of aromatic nitrogens is 4. The highest BCUT2D eigenvalue weighted by Gasteiger charge is 2.11. The molecule has 3 rings (SSSR count). The number of aryl methyl sites for hydroxylation is 1. The average Bonchev–Trinajstić information content (AvgIpc) is 3.14. The first-order valence-corrected chi connectivity index (χ1v) is 7.85. The van der Waals surface area contributed by atoms with Crippen LogP contribution in [0.2, 0.25) is 5.02 Å². The first kappa shape index (κ1) is 14.2. The van der Waals surface area contributed by atoms with Crippen LogP contribution in [-0.4, -0.2) is 19.7 Å². The second-order valence-electron chi connectivity index (χ2n) is 4.31. The van der Waals surface area contributed by atoms with Crippen LogP contribution in [0.15, 0.2) is 46.3 Å². The van der Waals surface area contributed by atoms with E-state index in [4.69, 9.17) is 16.1 Å². The highest BCUT2D eigenvalue weighted by atomic mass is 35.5. The molecule has 2 aromatic heterocycles. The van der Waals surface area contributed by atoms with Gasteiger partial charge in [0.15, 0.2) is 5.16 Å². The Morgan fingerprint density at radius 2 is 2.29 bits per heavy atom. The number of halogens is 1. The van der Waals surface area contributed by atoms with Gasteiger partial charge in [0, 0.05) is 29.5 Å². The van der Waals surface area contributed by atoms with Crippen molar-refractivity contribution >= 4 is 23.4 Å². The molecule has 2 heterocycles. The van der Waals surface area contributed by atoms with Crippen molar-refractivity contribution in [2.24, 2.45) is 0 Å². The predicted octanol–water partition coefficient (Wildman–Crippen LogP) is 3.90. The topological polar surface area (TPSA) is 56.7 Å². The lowest BCUT2D eigenvalue weighted by Crippen LogP contribution is -1.94. The SMILES string of the molecule is CCn1ccnc1SCc1nc(-c2cccc(Cl)c2)no1. The van der Waals surface area contributed by atoms with Gasteiger partial charge < -0.3 is 9.09 Å². The van der Waals surface area contributed by atoms with E-state index in [2.05, 4.69) is 26.6 Å². The highest BCUT2D eigenvalue weighted by Crippen LogP contribution is 2.23. The van der Waals surface area contributed by atoms with Crippen LogP contribution in [0.25, 0.3) is 11.4 Å². The molecule has 0 amide bonds. The van der Waals surface area contributed by atoms with Crippen molar-refractivity contribution in [3.63, 3.8) is 0 Å². The number of imidazole rings is 1. The Balaban J connectivity index is 1.71. The molecule has 0 radical (unpaired) electrons. The van der Waals surface area contributed by atoms with Crippen LogP contribution in [0.1, 0.15) is 12.8 Å². The lowest BCUT2D eigenvalue weighted by atomic mass is 10.2. The summed E-state index contributed by atoms with van der Waals surface area (Å²) in [4.78, 5) is 8.68. The number of benzene rings is 1. The van der Waals surface area contributed by atoms with Crippen molar-refractivity contribution in [3.8, 4) is 11.4 Å². The van der Waals surface area contributed by atoms with Crippen molar-refractivity contribution in [1.82, 2.24) is 19.7 Å². The molecule has 3 aromatic rings. The summed E-state index contributed by atoms with van der Waals surface area (Å²) in [5.41, 5.74) is 0.845. The number of rotatable bonds is 5. The quantitative estimate of drug-likeness (QED) is 0.667. The summed E-state index contributed by atoms with van der Waals surface area (Å²) in [6, 6.07) is 7.39. The average molecular weight is 321 g/mol. The van der Waals surface area contributed by atoms with E-state index in [1.165, 1.54) is 0 Å². The molecule has 21 heavy (non-hydrogen) atoms. The minimum Gasteiger partial charge on any atom is -0.338 e. The summed E-state index contributed by atoms with van der Waals surface area (Å²) < 4.78 is 7.34. The molecule has 7 heteroatoms. The molecule has 0 atom stereocenters. The zero-order chi connectivity index (χ0) is 14.7. The van der Waals surface area contributed by atoms with Crippen molar-refractivity contribution in [2.75, 3.05) is 0 Å². The molecule has 5 nitrogen and oxygen atoms in total. The Hall–Kier alpha value is -1.79. The second-order valence-corrected chi connectivity index (χ2v) is 5.69. The van der Waals surface area contributed by atoms with E-state index in [0.29, 0.717) is 22.5 Å². The van der Waals surface area contributed by atoms with Gasteiger partial charge in [-0.1, -0.05) is 40.7 Å². The van der Waals surface area contributed by atoms with Gasteiger partial charge in [0.2, 0.25) is 11.7 Å². The minimum atomic E-state index is 0.548. The Kier molecular flexibility index (Phi) is 4.26. The van der Waals surface area contributed by atoms with Gasteiger partial charge in [0.05, 0.1) is 5.75 Å². The van der Waals surface area contributed by atoms with E-state index in [1.54, 1.807) is 18.0 Å². The van der Waals surface area contributed by atoms with Crippen LogP contribution < -0.4 is 0 Å². The van der Waals surface area contributed by atoms with E-state index in [0.717, 1.165) is 17.3 Å². The summed E-state index contributed by atoms with van der Waals surface area (Å²) in [5.74, 6) is 1.71. The lowest BCUT2D eigenvalue weighted by Gasteiger charge is -2.01. The van der Waals surface area contributed by atoms with Crippen LogP contribution >= 0.6 is 23.4 Å². The van der Waals surface area contributed by atoms with Crippen molar-refractivity contribution < 1.29 is 4.52 Å². The van der Waals surface area contributed by atoms with Crippen LogP contribution in [0.5, 0.6) is 0 Å². The molecule has 108 valence electrons. The molecular formula is C14H13ClN4OS. The molecule has 0 unspecified atom stereocenters. The van der Waals surface area contributed by atoms with Gasteiger partial charge in [-0.25, -0.2) is 4.98 Å². The zero-order valence-electron chi connectivity index (χ0n) is 11.4. The van der Waals surface area contributed by atoms with Gasteiger partial charge in [-0.15, -0.1) is 0 Å². The number of hydrogen-bond donors (Lipinski definition) is 0. The molecule has 1 aromatic carbocycles. The summed E-state index contributed by atoms with van der Waals surface area (Å²) in [7, 11) is 0. The summed E-state index contributed by atoms with van der Waals surface area (Å²) >= 11 is 7.53. The third kappa shape index (κ3) is 3.28. The fourth-order valence-corrected chi connectivity index (χ4v) is 2.91. The van der Waals surface area contributed by atoms with Gasteiger partial charge >= 0.3 is 0 Å². The Labute approximate surface area is 131 Å². The summed E-state index contributed by atoms with van der Waals surface area (Å²) in [6.45, 7) is 2.97. The number of thioether (sulfide) groups is 1. The maximum atomic E-state index is 5.96. The Morgan fingerprint density at radius 1 is 1.38 bits per heavy atom. The largest absolute Gasteiger partial charge is 0.338 e. The first-order chi connectivity index (χ1) is 10.3. The van der Waals surface area contributed by atoms with Crippen molar-refractivity contribution in [2.45, 2.75) is 24.4 Å². The molecular weight excluding hydrogens is 308 g/mol. The molecule has 0 N–H and O–H groups in total. The van der Waals surface area contributed by atoms with Crippen LogP contribution in [-0.2, 0) is 12.3 Å². The molecule has 0 bridgehead atoms. The van der Waals surface area contributed by atoms with E-state index in [1.807, 2.05) is 30.5 Å². The van der Waals surface area contributed by atoms with E-state index in [9.17, 15) is 0 Å². The third-order valence-electron chi connectivity index (χ3n) is 2.89. The first-order valence-electron chi connectivity index (χ1n) is 6.48. The van der Waals surface area contributed by atoms with Gasteiger partial charge in [0.25, 0.3) is 0 Å². The zero-order valence-corrected chi connectivity index (χ0v) is 12.9. The maximum absolute atomic E-state index is 5.96. The highest BCUT2D eigenvalue weighted by molar-refractivity contribution is 7.98. The second kappa shape index (κ2) is 6.32. The Morgan fingerprint density at radius 3 is 3.10 bits per heavy atom. The number of nitrogens with zero attached hydrogens (tertiary/aromatic N) is 4. The Bertz CT molecular complexity index is 740. The molecule has 0 saturated heterocycles. The molecule has 0 fully saturated rings. The standard InChI is InChI=1S/C14H13ClN4OS/c1-2-19-7-6-16-14(19)21-9-12-17-13(18-20-12)10-4-3-5-11(15)8-10/h3-8H,2,9H2,1H3. The molecule has 0 spiro atoms. The monoisotopic (exact) mass is 320 g/mol. The van der Waals surface area contributed by atoms with Crippen LogP contribution in [0.4, 0.5) is 0 Å².